The molecule has 0 bridgehead atoms. The van der Waals surface area contributed by atoms with Crippen molar-refractivity contribution in [2.75, 3.05) is 27.2 Å². The monoisotopic (exact) mass is 340 g/mol. The number of alkyl halides is 2. The van der Waals surface area contributed by atoms with Crippen molar-refractivity contribution >= 4 is 23.2 Å². The van der Waals surface area contributed by atoms with Crippen LogP contribution in [0, 0.1) is 0 Å². The van der Waals surface area contributed by atoms with Gasteiger partial charge < -0.3 is 9.59 Å². The molecule has 4 heteroatoms. The van der Waals surface area contributed by atoms with Crippen LogP contribution >= 0.6 is 23.2 Å². The molecule has 0 saturated heterocycles. The second kappa shape index (κ2) is 13.0. The number of rotatable bonds is 14. The van der Waals surface area contributed by atoms with Gasteiger partial charge in [-0.2, -0.15) is 0 Å². The molecule has 1 unspecified atom stereocenters. The van der Waals surface area contributed by atoms with Gasteiger partial charge in [0.2, 0.25) is 0 Å². The van der Waals surface area contributed by atoms with Crippen LogP contribution in [0.25, 0.3) is 0 Å². The molecule has 0 aliphatic carbocycles. The number of hydrogen-bond acceptors (Lipinski definition) is 1. The van der Waals surface area contributed by atoms with E-state index in [-0.39, 0.29) is 0 Å². The minimum atomic E-state index is -0.685. The molecule has 0 rings (SSSR count). The topological polar surface area (TPSA) is 20.2 Å². The van der Waals surface area contributed by atoms with E-state index in [1.165, 1.54) is 64.2 Å². The van der Waals surface area contributed by atoms with Gasteiger partial charge in [0.15, 0.2) is 0 Å². The van der Waals surface area contributed by atoms with Crippen LogP contribution in [0.3, 0.4) is 0 Å². The van der Waals surface area contributed by atoms with Gasteiger partial charge in [-0.05, 0) is 12.8 Å². The van der Waals surface area contributed by atoms with E-state index in [0.717, 1.165) is 11.0 Å². The smallest absolute Gasteiger partial charge is 0.139 e. The minimum Gasteiger partial charge on any atom is -0.384 e. The fraction of sp³-hybridized carbons (Fsp3) is 1.00. The molecule has 0 fully saturated rings. The molecule has 0 aliphatic heterocycles. The van der Waals surface area contributed by atoms with Crippen LogP contribution < -0.4 is 0 Å². The quantitative estimate of drug-likeness (QED) is 0.263. The zero-order chi connectivity index (χ0) is 16.1. The van der Waals surface area contributed by atoms with E-state index in [2.05, 4.69) is 21.0 Å². The molecule has 0 heterocycles. The fourth-order valence-electron chi connectivity index (χ4n) is 2.70. The number of aliphatic hydroxyl groups is 1. The normalized spacial score (nSPS) is 13.9. The van der Waals surface area contributed by atoms with Gasteiger partial charge in [0, 0.05) is 0 Å². The second-order valence-electron chi connectivity index (χ2n) is 6.93. The third-order valence-electron chi connectivity index (χ3n) is 4.09. The minimum absolute atomic E-state index is 0.620. The summed E-state index contributed by atoms with van der Waals surface area (Å²) < 4.78 is 0.786. The first-order valence-electron chi connectivity index (χ1n) is 8.67. The van der Waals surface area contributed by atoms with Crippen LogP contribution in [0.5, 0.6) is 0 Å². The van der Waals surface area contributed by atoms with Crippen molar-refractivity contribution in [2.45, 2.75) is 82.1 Å². The molecule has 0 spiro atoms. The lowest BCUT2D eigenvalue weighted by atomic mass is 10.1. The molecule has 0 radical (unpaired) electrons. The number of hydrogen-bond donors (Lipinski definition) is 1. The average Bonchev–Trinajstić information content (AvgIpc) is 2.40. The number of unbranched alkanes of at least 4 members (excludes halogenated alkanes) is 9. The van der Waals surface area contributed by atoms with Crippen molar-refractivity contribution in [1.82, 2.24) is 0 Å². The molecule has 0 aromatic rings. The molecule has 128 valence electrons. The summed E-state index contributed by atoms with van der Waals surface area (Å²) in [5, 5.41) is 9.74. The van der Waals surface area contributed by atoms with Crippen LogP contribution in [0.2, 0.25) is 0 Å². The first kappa shape index (κ1) is 21.5. The number of halogens is 2. The van der Waals surface area contributed by atoms with Crippen molar-refractivity contribution in [1.29, 1.82) is 0 Å². The van der Waals surface area contributed by atoms with Gasteiger partial charge in [-0.15, -0.1) is 23.2 Å². The Morgan fingerprint density at radius 2 is 1.24 bits per heavy atom. The van der Waals surface area contributed by atoms with Crippen LogP contribution in [0.4, 0.5) is 0 Å². The highest BCUT2D eigenvalue weighted by Crippen LogP contribution is 2.14. The van der Waals surface area contributed by atoms with Gasteiger partial charge in [0.1, 0.15) is 17.5 Å². The summed E-state index contributed by atoms with van der Waals surface area (Å²) in [6.07, 6.45) is 12.9. The Labute approximate surface area is 142 Å². The highest BCUT2D eigenvalue weighted by Gasteiger charge is 2.24. The molecule has 0 aromatic carbocycles. The fourth-order valence-corrected chi connectivity index (χ4v) is 2.86. The van der Waals surface area contributed by atoms with Crippen molar-refractivity contribution in [3.05, 3.63) is 0 Å². The molecule has 2 nitrogen and oxygen atoms in total. The molecule has 21 heavy (non-hydrogen) atoms. The second-order valence-corrected chi connectivity index (χ2v) is 8.09. The van der Waals surface area contributed by atoms with Gasteiger partial charge in [-0.3, -0.25) is 0 Å². The molecular weight excluding hydrogens is 305 g/mol. The van der Waals surface area contributed by atoms with Crippen molar-refractivity contribution in [3.63, 3.8) is 0 Å². The lowest BCUT2D eigenvalue weighted by molar-refractivity contribution is -0.893. The van der Waals surface area contributed by atoms with Gasteiger partial charge in [0.05, 0.1) is 20.6 Å². The Balaban J connectivity index is 3.44. The van der Waals surface area contributed by atoms with Gasteiger partial charge in [-0.25, -0.2) is 0 Å². The molecule has 0 amide bonds. The number of likely N-dealkylation sites (N-methyl/N-ethyl adjacent to an activating group) is 1. The van der Waals surface area contributed by atoms with Crippen molar-refractivity contribution in [3.8, 4) is 0 Å². The highest BCUT2D eigenvalue weighted by atomic mass is 35.5. The standard InChI is InChI=1S/C17H36Cl2NO/c1-4-5-6-7-8-9-10-11-12-13-14-20(2,3)15-16(21)17(18)19/h16-17,21H,4-15H2,1-3H3/q+1. The number of aliphatic hydroxyl groups excluding tert-OH is 1. The van der Waals surface area contributed by atoms with E-state index < -0.39 is 10.9 Å². The lowest BCUT2D eigenvalue weighted by Gasteiger charge is -2.32. The summed E-state index contributed by atoms with van der Waals surface area (Å²) in [4.78, 5) is -0.685. The lowest BCUT2D eigenvalue weighted by Crippen LogP contribution is -2.47. The number of nitrogens with zero attached hydrogens (tertiary/aromatic N) is 1. The Morgan fingerprint density at radius 1 is 0.810 bits per heavy atom. The van der Waals surface area contributed by atoms with Crippen LogP contribution in [0.15, 0.2) is 0 Å². The third-order valence-corrected chi connectivity index (χ3v) is 4.67. The van der Waals surface area contributed by atoms with Crippen LogP contribution in [-0.2, 0) is 0 Å². The van der Waals surface area contributed by atoms with E-state index >= 15 is 0 Å². The summed E-state index contributed by atoms with van der Waals surface area (Å²) in [6, 6.07) is 0. The van der Waals surface area contributed by atoms with Gasteiger partial charge in [0.25, 0.3) is 0 Å². The molecular formula is C17H36Cl2NO+. The summed E-state index contributed by atoms with van der Waals surface area (Å²) >= 11 is 11.4. The van der Waals surface area contributed by atoms with Gasteiger partial charge in [-0.1, -0.05) is 58.3 Å². The van der Waals surface area contributed by atoms with Crippen molar-refractivity contribution < 1.29 is 9.59 Å². The maximum Gasteiger partial charge on any atom is 0.139 e. The largest absolute Gasteiger partial charge is 0.384 e. The predicted octanol–water partition coefficient (Wildman–Crippen LogP) is 5.15. The average molecular weight is 341 g/mol. The third kappa shape index (κ3) is 13.9. The van der Waals surface area contributed by atoms with E-state index in [4.69, 9.17) is 23.2 Å². The Kier molecular flexibility index (Phi) is 13.3. The van der Waals surface area contributed by atoms with E-state index in [1.54, 1.807) is 0 Å². The van der Waals surface area contributed by atoms with E-state index in [1.807, 2.05) is 0 Å². The van der Waals surface area contributed by atoms with Gasteiger partial charge >= 0.3 is 0 Å². The Morgan fingerprint density at radius 3 is 1.67 bits per heavy atom. The molecule has 0 aliphatic rings. The first-order valence-corrected chi connectivity index (χ1v) is 9.54. The first-order chi connectivity index (χ1) is 9.89. The van der Waals surface area contributed by atoms with Crippen molar-refractivity contribution in [2.24, 2.45) is 0 Å². The Bertz CT molecular complexity index is 235. The maximum atomic E-state index is 9.74. The zero-order valence-electron chi connectivity index (χ0n) is 14.3. The Hall–Kier alpha value is 0.500. The summed E-state index contributed by atoms with van der Waals surface area (Å²) in [7, 11) is 4.26. The van der Waals surface area contributed by atoms with Crippen LogP contribution in [0.1, 0.15) is 71.1 Å². The number of quaternary nitrogens is 1. The van der Waals surface area contributed by atoms with E-state index in [0.29, 0.717) is 6.54 Å². The molecule has 0 aromatic heterocycles. The zero-order valence-corrected chi connectivity index (χ0v) is 15.8. The summed E-state index contributed by atoms with van der Waals surface area (Å²) in [6.45, 7) is 3.96. The summed E-state index contributed by atoms with van der Waals surface area (Å²) in [5.74, 6) is 0. The molecule has 1 atom stereocenters. The SMILES string of the molecule is CCCCCCCCCCCC[N+](C)(C)CC(O)C(Cl)Cl. The van der Waals surface area contributed by atoms with E-state index in [9.17, 15) is 5.11 Å². The summed E-state index contributed by atoms with van der Waals surface area (Å²) in [5.41, 5.74) is 0. The maximum absolute atomic E-state index is 9.74. The molecule has 1 N–H and O–H groups in total. The predicted molar refractivity (Wildman–Crippen MR) is 95.2 cm³/mol. The van der Waals surface area contributed by atoms with Crippen LogP contribution in [-0.4, -0.2) is 47.7 Å². The molecule has 0 saturated carbocycles. The highest BCUT2D eigenvalue weighted by molar-refractivity contribution is 6.44.